The first-order valence-electron chi connectivity index (χ1n) is 5.00. The standard InChI is InChI=1S/C11H5BrF3NO3S/c12-5-1-7(11(13,14)15)9(16-3-5)19-6-2-8(10(17)18)20-4-6/h1-4H,(H,17,18). The van der Waals surface area contributed by atoms with E-state index in [1.54, 1.807) is 0 Å². The number of halogens is 4. The van der Waals surface area contributed by atoms with Gasteiger partial charge in [-0.15, -0.1) is 11.3 Å². The van der Waals surface area contributed by atoms with Crippen molar-refractivity contribution in [2.24, 2.45) is 0 Å². The Hall–Kier alpha value is -1.61. The van der Waals surface area contributed by atoms with Crippen molar-refractivity contribution < 1.29 is 27.8 Å². The lowest BCUT2D eigenvalue weighted by Gasteiger charge is -2.11. The van der Waals surface area contributed by atoms with Crippen LogP contribution < -0.4 is 4.74 Å². The van der Waals surface area contributed by atoms with Crippen molar-refractivity contribution >= 4 is 33.2 Å². The Balaban J connectivity index is 2.35. The van der Waals surface area contributed by atoms with Crippen molar-refractivity contribution in [3.63, 3.8) is 0 Å². The molecule has 0 fully saturated rings. The van der Waals surface area contributed by atoms with Crippen LogP contribution in [0.5, 0.6) is 11.6 Å². The molecule has 0 radical (unpaired) electrons. The van der Waals surface area contributed by atoms with Gasteiger partial charge in [0.2, 0.25) is 5.88 Å². The van der Waals surface area contributed by atoms with Crippen molar-refractivity contribution in [3.05, 3.63) is 38.6 Å². The van der Waals surface area contributed by atoms with Gasteiger partial charge in [-0.2, -0.15) is 13.2 Å². The average molecular weight is 368 g/mol. The molecule has 0 aromatic carbocycles. The lowest BCUT2D eigenvalue weighted by atomic mass is 10.2. The average Bonchev–Trinajstić information content (AvgIpc) is 2.79. The molecule has 0 saturated carbocycles. The molecular formula is C11H5BrF3NO3S. The van der Waals surface area contributed by atoms with Gasteiger partial charge < -0.3 is 9.84 Å². The van der Waals surface area contributed by atoms with Crippen LogP contribution in [0.3, 0.4) is 0 Å². The Bertz CT molecular complexity index is 657. The van der Waals surface area contributed by atoms with E-state index >= 15 is 0 Å². The maximum absolute atomic E-state index is 12.8. The van der Waals surface area contributed by atoms with Gasteiger partial charge in [0.15, 0.2) is 0 Å². The van der Waals surface area contributed by atoms with Crippen LogP contribution in [-0.2, 0) is 6.18 Å². The first-order chi connectivity index (χ1) is 9.27. The number of alkyl halides is 3. The van der Waals surface area contributed by atoms with E-state index < -0.39 is 23.6 Å². The highest BCUT2D eigenvalue weighted by Crippen LogP contribution is 2.38. The molecule has 0 saturated heterocycles. The first-order valence-corrected chi connectivity index (χ1v) is 6.67. The van der Waals surface area contributed by atoms with E-state index in [0.29, 0.717) is 0 Å². The van der Waals surface area contributed by atoms with Crippen molar-refractivity contribution in [1.82, 2.24) is 4.98 Å². The number of hydrogen-bond acceptors (Lipinski definition) is 4. The molecule has 2 rings (SSSR count). The van der Waals surface area contributed by atoms with Crippen LogP contribution in [0.4, 0.5) is 13.2 Å². The van der Waals surface area contributed by atoms with Gasteiger partial charge in [0.05, 0.1) is 0 Å². The molecule has 0 aliphatic carbocycles. The van der Waals surface area contributed by atoms with Crippen LogP contribution >= 0.6 is 27.3 Å². The van der Waals surface area contributed by atoms with Crippen LogP contribution in [0.1, 0.15) is 15.2 Å². The Morgan fingerprint density at radius 2 is 2.10 bits per heavy atom. The van der Waals surface area contributed by atoms with Gasteiger partial charge in [-0.25, -0.2) is 9.78 Å². The number of pyridine rings is 1. The molecule has 2 heterocycles. The molecule has 9 heteroatoms. The molecule has 0 aliphatic rings. The first kappa shape index (κ1) is 14.8. The summed E-state index contributed by atoms with van der Waals surface area (Å²) in [5.41, 5.74) is -1.05. The number of hydrogen-bond donors (Lipinski definition) is 1. The summed E-state index contributed by atoms with van der Waals surface area (Å²) in [6.45, 7) is 0. The number of rotatable bonds is 3. The third-order valence-corrected chi connectivity index (χ3v) is 3.45. The summed E-state index contributed by atoms with van der Waals surface area (Å²) < 4.78 is 43.7. The van der Waals surface area contributed by atoms with Crippen LogP contribution in [0.25, 0.3) is 0 Å². The summed E-state index contributed by atoms with van der Waals surface area (Å²) in [6.07, 6.45) is -3.47. The monoisotopic (exact) mass is 367 g/mol. The minimum absolute atomic E-state index is 0.00674. The van der Waals surface area contributed by atoms with Crippen LogP contribution in [0.15, 0.2) is 28.2 Å². The number of aromatic carboxylic acids is 1. The second-order valence-electron chi connectivity index (χ2n) is 3.56. The highest BCUT2D eigenvalue weighted by molar-refractivity contribution is 9.10. The lowest BCUT2D eigenvalue weighted by molar-refractivity contribution is -0.138. The molecule has 2 aromatic rings. The summed E-state index contributed by atoms with van der Waals surface area (Å²) in [6, 6.07) is 1.98. The van der Waals surface area contributed by atoms with E-state index in [-0.39, 0.29) is 15.1 Å². The predicted octanol–water partition coefficient (Wildman–Crippen LogP) is 4.41. The molecule has 20 heavy (non-hydrogen) atoms. The number of carbonyl (C=O) groups is 1. The zero-order valence-electron chi connectivity index (χ0n) is 9.44. The molecule has 2 aromatic heterocycles. The van der Waals surface area contributed by atoms with Gasteiger partial charge in [-0.1, -0.05) is 0 Å². The van der Waals surface area contributed by atoms with Gasteiger partial charge >= 0.3 is 12.1 Å². The zero-order chi connectivity index (χ0) is 14.9. The molecule has 0 atom stereocenters. The Morgan fingerprint density at radius 3 is 2.65 bits per heavy atom. The SMILES string of the molecule is O=C(O)c1cc(Oc2ncc(Br)cc2C(F)(F)F)cs1. The number of ether oxygens (including phenoxy) is 1. The van der Waals surface area contributed by atoms with E-state index in [0.717, 1.165) is 29.7 Å². The molecule has 4 nitrogen and oxygen atoms in total. The molecule has 0 bridgehead atoms. The third kappa shape index (κ3) is 3.28. The lowest BCUT2D eigenvalue weighted by Crippen LogP contribution is -2.08. The molecule has 0 unspecified atom stereocenters. The Morgan fingerprint density at radius 1 is 1.40 bits per heavy atom. The minimum atomic E-state index is -4.63. The maximum Gasteiger partial charge on any atom is 0.421 e. The largest absolute Gasteiger partial charge is 0.477 e. The Kier molecular flexibility index (Phi) is 4.00. The van der Waals surface area contributed by atoms with E-state index in [1.165, 1.54) is 5.38 Å². The second-order valence-corrected chi connectivity index (χ2v) is 5.38. The van der Waals surface area contributed by atoms with E-state index in [1.807, 2.05) is 0 Å². The van der Waals surface area contributed by atoms with E-state index in [4.69, 9.17) is 9.84 Å². The fourth-order valence-corrected chi connectivity index (χ4v) is 2.28. The smallest absolute Gasteiger partial charge is 0.421 e. The van der Waals surface area contributed by atoms with Gasteiger partial charge in [-0.05, 0) is 22.0 Å². The zero-order valence-corrected chi connectivity index (χ0v) is 11.8. The van der Waals surface area contributed by atoms with Crippen LogP contribution in [0.2, 0.25) is 0 Å². The molecule has 0 aliphatic heterocycles. The summed E-state index contributed by atoms with van der Waals surface area (Å²) in [5, 5.41) is 10.0. The molecule has 0 spiro atoms. The van der Waals surface area contributed by atoms with Crippen molar-refractivity contribution in [1.29, 1.82) is 0 Å². The number of carboxylic acids is 1. The summed E-state index contributed by atoms with van der Waals surface area (Å²) in [7, 11) is 0. The summed E-state index contributed by atoms with van der Waals surface area (Å²) >= 11 is 3.75. The van der Waals surface area contributed by atoms with Crippen molar-refractivity contribution in [3.8, 4) is 11.6 Å². The number of aromatic nitrogens is 1. The minimum Gasteiger partial charge on any atom is -0.477 e. The van der Waals surface area contributed by atoms with Gasteiger partial charge in [0, 0.05) is 22.1 Å². The number of nitrogens with zero attached hydrogens (tertiary/aromatic N) is 1. The Labute approximate surface area is 123 Å². The molecule has 106 valence electrons. The maximum atomic E-state index is 12.8. The highest BCUT2D eigenvalue weighted by atomic mass is 79.9. The quantitative estimate of drug-likeness (QED) is 0.872. The van der Waals surface area contributed by atoms with Crippen molar-refractivity contribution in [2.45, 2.75) is 6.18 Å². The topological polar surface area (TPSA) is 59.4 Å². The predicted molar refractivity (Wildman–Crippen MR) is 68.3 cm³/mol. The molecular weight excluding hydrogens is 363 g/mol. The van der Waals surface area contributed by atoms with Gasteiger partial charge in [-0.3, -0.25) is 0 Å². The number of thiophene rings is 1. The fraction of sp³-hybridized carbons (Fsp3) is 0.0909. The highest BCUT2D eigenvalue weighted by Gasteiger charge is 2.36. The molecule has 0 amide bonds. The summed E-state index contributed by atoms with van der Waals surface area (Å²) in [4.78, 5) is 14.2. The van der Waals surface area contributed by atoms with Crippen molar-refractivity contribution in [2.75, 3.05) is 0 Å². The normalized spacial score (nSPS) is 11.4. The summed E-state index contributed by atoms with van der Waals surface area (Å²) in [5.74, 6) is -1.81. The molecule has 1 N–H and O–H groups in total. The van der Waals surface area contributed by atoms with Crippen LogP contribution in [0, 0.1) is 0 Å². The number of carboxylic acid groups (broad SMARTS) is 1. The van der Waals surface area contributed by atoms with Crippen LogP contribution in [-0.4, -0.2) is 16.1 Å². The van der Waals surface area contributed by atoms with Gasteiger partial charge in [0.25, 0.3) is 0 Å². The fourth-order valence-electron chi connectivity index (χ4n) is 1.31. The van der Waals surface area contributed by atoms with E-state index in [2.05, 4.69) is 20.9 Å². The van der Waals surface area contributed by atoms with Gasteiger partial charge in [0.1, 0.15) is 16.2 Å². The van der Waals surface area contributed by atoms with E-state index in [9.17, 15) is 18.0 Å². The second kappa shape index (κ2) is 5.41. The third-order valence-electron chi connectivity index (χ3n) is 2.12.